The number of nitrogens with zero attached hydrogens (tertiary/aromatic N) is 3. The number of ether oxygens (including phenoxy) is 2. The van der Waals surface area contributed by atoms with E-state index in [1.165, 1.54) is 5.56 Å². The Morgan fingerprint density at radius 1 is 1.11 bits per heavy atom. The predicted octanol–water partition coefficient (Wildman–Crippen LogP) is 4.53. The molecule has 0 aliphatic heterocycles. The zero-order valence-electron chi connectivity index (χ0n) is 21.2. The van der Waals surface area contributed by atoms with Crippen LogP contribution in [0, 0.1) is 0 Å². The molecule has 0 spiro atoms. The van der Waals surface area contributed by atoms with Gasteiger partial charge < -0.3 is 19.4 Å². The van der Waals surface area contributed by atoms with Gasteiger partial charge in [0.05, 0.1) is 20.5 Å². The Kier molecular flexibility index (Phi) is 10.8. The summed E-state index contributed by atoms with van der Waals surface area (Å²) in [6, 6.07) is 14.1. The van der Waals surface area contributed by atoms with Crippen molar-refractivity contribution in [2.45, 2.75) is 19.3 Å². The van der Waals surface area contributed by atoms with Gasteiger partial charge in [-0.15, -0.1) is 6.58 Å². The third kappa shape index (κ3) is 8.43. The number of aromatic nitrogens is 2. The Morgan fingerprint density at radius 3 is 2.61 bits per heavy atom. The number of amides is 1. The molecule has 1 N–H and O–H groups in total. The molecule has 0 bridgehead atoms. The van der Waals surface area contributed by atoms with E-state index in [9.17, 15) is 4.79 Å². The van der Waals surface area contributed by atoms with Gasteiger partial charge in [-0.1, -0.05) is 36.4 Å². The summed E-state index contributed by atoms with van der Waals surface area (Å²) < 4.78 is 12.7. The van der Waals surface area contributed by atoms with Crippen LogP contribution in [0.1, 0.15) is 24.0 Å². The third-order valence-electron chi connectivity index (χ3n) is 5.83. The normalized spacial score (nSPS) is 11.1. The number of nitrogens with one attached hydrogen (secondary N) is 1. The first-order valence-electron chi connectivity index (χ1n) is 12.2. The van der Waals surface area contributed by atoms with Crippen molar-refractivity contribution >= 4 is 12.0 Å². The number of hydrogen-bond donors (Lipinski definition) is 1. The van der Waals surface area contributed by atoms with E-state index in [-0.39, 0.29) is 5.91 Å². The number of benzene rings is 2. The van der Waals surface area contributed by atoms with Gasteiger partial charge >= 0.3 is 0 Å². The minimum Gasteiger partial charge on any atom is -0.493 e. The summed E-state index contributed by atoms with van der Waals surface area (Å²) in [6.07, 6.45) is 13.3. The SMILES string of the molecule is C=CCN(CCCNC(=O)CC=Cc1ccc(-n2ccnc2)cc1)CCc1ccc(OC)c(OC)c1. The number of carbonyl (C=O) groups excluding carboxylic acids is 1. The van der Waals surface area contributed by atoms with E-state index in [2.05, 4.69) is 27.8 Å². The maximum Gasteiger partial charge on any atom is 0.223 e. The van der Waals surface area contributed by atoms with E-state index < -0.39 is 0 Å². The number of hydrogen-bond acceptors (Lipinski definition) is 5. The number of carbonyl (C=O) groups is 1. The van der Waals surface area contributed by atoms with Crippen LogP contribution in [0.2, 0.25) is 0 Å². The molecule has 3 rings (SSSR count). The quantitative estimate of drug-likeness (QED) is 0.251. The molecule has 0 atom stereocenters. The average Bonchev–Trinajstić information content (AvgIpc) is 3.45. The highest BCUT2D eigenvalue weighted by molar-refractivity contribution is 5.78. The van der Waals surface area contributed by atoms with Gasteiger partial charge in [-0.3, -0.25) is 9.69 Å². The van der Waals surface area contributed by atoms with E-state index in [0.717, 1.165) is 55.2 Å². The molecule has 190 valence electrons. The van der Waals surface area contributed by atoms with Crippen molar-refractivity contribution < 1.29 is 14.3 Å². The fraction of sp³-hybridized carbons (Fsp3) is 0.310. The average molecular weight is 489 g/mol. The molecular formula is C29H36N4O3. The first-order valence-corrected chi connectivity index (χ1v) is 12.2. The van der Waals surface area contributed by atoms with Crippen LogP contribution in [0.15, 0.2) is 79.9 Å². The minimum absolute atomic E-state index is 0.0295. The number of rotatable bonds is 15. The second kappa shape index (κ2) is 14.5. The lowest BCUT2D eigenvalue weighted by Gasteiger charge is -2.21. The second-order valence-electron chi connectivity index (χ2n) is 8.40. The van der Waals surface area contributed by atoms with Crippen LogP contribution >= 0.6 is 0 Å². The molecule has 0 unspecified atom stereocenters. The van der Waals surface area contributed by atoms with Crippen LogP contribution in [-0.4, -0.2) is 60.8 Å². The van der Waals surface area contributed by atoms with Crippen molar-refractivity contribution in [2.75, 3.05) is 40.4 Å². The van der Waals surface area contributed by atoms with Gasteiger partial charge in [-0.05, 0) is 48.2 Å². The van der Waals surface area contributed by atoms with Crippen LogP contribution in [0.3, 0.4) is 0 Å². The van der Waals surface area contributed by atoms with E-state index in [1.807, 2.05) is 65.4 Å². The highest BCUT2D eigenvalue weighted by atomic mass is 16.5. The summed E-state index contributed by atoms with van der Waals surface area (Å²) in [7, 11) is 3.29. The molecule has 0 fully saturated rings. The van der Waals surface area contributed by atoms with E-state index in [4.69, 9.17) is 9.47 Å². The van der Waals surface area contributed by atoms with Crippen molar-refractivity contribution in [2.24, 2.45) is 0 Å². The lowest BCUT2D eigenvalue weighted by Crippen LogP contribution is -2.31. The number of imidazole rings is 1. The van der Waals surface area contributed by atoms with Crippen LogP contribution < -0.4 is 14.8 Å². The van der Waals surface area contributed by atoms with Gasteiger partial charge in [-0.25, -0.2) is 4.98 Å². The molecule has 7 nitrogen and oxygen atoms in total. The summed E-state index contributed by atoms with van der Waals surface area (Å²) in [6.45, 7) is 7.13. The molecule has 1 heterocycles. The standard InChI is InChI=1S/C29H36N4O3/c1-4-18-32(20-15-25-11-14-27(35-2)28(22-25)36-3)19-6-16-31-29(34)8-5-7-24-9-12-26(13-10-24)33-21-17-30-23-33/h4-5,7,9-14,17,21-23H,1,6,8,15-16,18-20H2,2-3H3,(H,31,34). The molecule has 3 aromatic rings. The van der Waals surface area contributed by atoms with Gasteiger partial charge in [0.1, 0.15) is 0 Å². The van der Waals surface area contributed by atoms with Gasteiger partial charge in [0.25, 0.3) is 0 Å². The molecule has 1 amide bonds. The smallest absolute Gasteiger partial charge is 0.223 e. The van der Waals surface area contributed by atoms with E-state index in [0.29, 0.717) is 13.0 Å². The fourth-order valence-electron chi connectivity index (χ4n) is 3.87. The molecule has 1 aromatic heterocycles. The Labute approximate surface area is 214 Å². The first-order chi connectivity index (χ1) is 17.6. The Hall–Kier alpha value is -3.84. The van der Waals surface area contributed by atoms with Gasteiger partial charge in [-0.2, -0.15) is 0 Å². The predicted molar refractivity (Wildman–Crippen MR) is 145 cm³/mol. The lowest BCUT2D eigenvalue weighted by atomic mass is 10.1. The van der Waals surface area contributed by atoms with Crippen LogP contribution in [0.4, 0.5) is 0 Å². The van der Waals surface area contributed by atoms with Crippen molar-refractivity contribution in [3.63, 3.8) is 0 Å². The highest BCUT2D eigenvalue weighted by Gasteiger charge is 2.08. The summed E-state index contributed by atoms with van der Waals surface area (Å²) >= 11 is 0. The van der Waals surface area contributed by atoms with Gasteiger partial charge in [0.2, 0.25) is 5.91 Å². The van der Waals surface area contributed by atoms with Gasteiger partial charge in [0.15, 0.2) is 11.5 Å². The summed E-state index contributed by atoms with van der Waals surface area (Å²) in [5.41, 5.74) is 3.30. The highest BCUT2D eigenvalue weighted by Crippen LogP contribution is 2.27. The Bertz CT molecular complexity index is 1110. The lowest BCUT2D eigenvalue weighted by molar-refractivity contribution is -0.120. The fourth-order valence-corrected chi connectivity index (χ4v) is 3.87. The largest absolute Gasteiger partial charge is 0.493 e. The summed E-state index contributed by atoms with van der Waals surface area (Å²) in [5, 5.41) is 3.01. The van der Waals surface area contributed by atoms with Gasteiger partial charge in [0, 0.05) is 50.7 Å². The first kappa shape index (κ1) is 26.8. The zero-order chi connectivity index (χ0) is 25.6. The Morgan fingerprint density at radius 2 is 1.92 bits per heavy atom. The topological polar surface area (TPSA) is 68.6 Å². The van der Waals surface area contributed by atoms with Crippen molar-refractivity contribution in [3.8, 4) is 17.2 Å². The van der Waals surface area contributed by atoms with Crippen molar-refractivity contribution in [1.82, 2.24) is 19.8 Å². The molecule has 0 aliphatic carbocycles. The number of methoxy groups -OCH3 is 2. The molecule has 0 saturated carbocycles. The third-order valence-corrected chi connectivity index (χ3v) is 5.83. The second-order valence-corrected chi connectivity index (χ2v) is 8.40. The summed E-state index contributed by atoms with van der Waals surface area (Å²) in [4.78, 5) is 18.6. The van der Waals surface area contributed by atoms with Crippen molar-refractivity contribution in [1.29, 1.82) is 0 Å². The minimum atomic E-state index is 0.0295. The zero-order valence-corrected chi connectivity index (χ0v) is 21.2. The molecular weight excluding hydrogens is 452 g/mol. The van der Waals surface area contributed by atoms with Crippen LogP contribution in [0.5, 0.6) is 11.5 Å². The maximum absolute atomic E-state index is 12.2. The molecule has 0 aliphatic rings. The van der Waals surface area contributed by atoms with Crippen molar-refractivity contribution in [3.05, 3.63) is 91.0 Å². The van der Waals surface area contributed by atoms with E-state index >= 15 is 0 Å². The monoisotopic (exact) mass is 488 g/mol. The molecule has 0 saturated heterocycles. The molecule has 0 radical (unpaired) electrons. The Balaban J connectivity index is 1.35. The van der Waals surface area contributed by atoms with Crippen LogP contribution in [0.25, 0.3) is 11.8 Å². The summed E-state index contributed by atoms with van der Waals surface area (Å²) in [5.74, 6) is 1.51. The molecule has 2 aromatic carbocycles. The van der Waals surface area contributed by atoms with E-state index in [1.54, 1.807) is 26.7 Å². The molecule has 7 heteroatoms. The van der Waals surface area contributed by atoms with Crippen LogP contribution in [-0.2, 0) is 11.2 Å². The maximum atomic E-state index is 12.2. The molecule has 36 heavy (non-hydrogen) atoms.